The highest BCUT2D eigenvalue weighted by Gasteiger charge is 2.33. The van der Waals surface area contributed by atoms with Crippen molar-refractivity contribution in [3.05, 3.63) is 35.7 Å². The van der Waals surface area contributed by atoms with Crippen LogP contribution in [0.4, 0.5) is 13.2 Å². The van der Waals surface area contributed by atoms with Crippen molar-refractivity contribution in [2.75, 3.05) is 39.4 Å². The minimum Gasteiger partial charge on any atom is -0.378 e. The van der Waals surface area contributed by atoms with Gasteiger partial charge in [-0.1, -0.05) is 17.3 Å². The van der Waals surface area contributed by atoms with E-state index in [-0.39, 0.29) is 29.3 Å². The number of piperidine rings is 1. The zero-order valence-corrected chi connectivity index (χ0v) is 17.3. The first-order valence-corrected chi connectivity index (χ1v) is 10.4. The number of alkyl halides is 3. The highest BCUT2D eigenvalue weighted by atomic mass is 19.4. The lowest BCUT2D eigenvalue weighted by Gasteiger charge is -2.37. The maximum atomic E-state index is 13.0. The zero-order chi connectivity index (χ0) is 22.0. The Balaban J connectivity index is 1.37. The van der Waals surface area contributed by atoms with Crippen molar-refractivity contribution < 1.29 is 27.2 Å². The third-order valence-corrected chi connectivity index (χ3v) is 6.00. The predicted molar refractivity (Wildman–Crippen MR) is 105 cm³/mol. The van der Waals surface area contributed by atoms with E-state index in [1.807, 2.05) is 11.8 Å². The lowest BCUT2D eigenvalue weighted by molar-refractivity contribution is -0.141. The standard InChI is InChI=1S/C21H25F3N4O3/c1-14(27-7-5-15(6-8-27)20(29)28-9-11-30-12-10-28)19-25-18(26-31-19)16-3-2-4-17(13-16)21(22,23)24/h2-4,13-15H,5-12H2,1H3. The van der Waals surface area contributed by atoms with Gasteiger partial charge in [0.2, 0.25) is 17.6 Å². The van der Waals surface area contributed by atoms with Crippen LogP contribution >= 0.6 is 0 Å². The summed E-state index contributed by atoms with van der Waals surface area (Å²) >= 11 is 0. The summed E-state index contributed by atoms with van der Waals surface area (Å²) in [6.07, 6.45) is -2.94. The monoisotopic (exact) mass is 438 g/mol. The van der Waals surface area contributed by atoms with Gasteiger partial charge >= 0.3 is 6.18 Å². The van der Waals surface area contributed by atoms with Crippen LogP contribution in [-0.2, 0) is 15.7 Å². The minimum atomic E-state index is -4.43. The molecule has 10 heteroatoms. The number of carbonyl (C=O) groups is 1. The fraction of sp³-hybridized carbons (Fsp3) is 0.571. The Bertz CT molecular complexity index is 903. The summed E-state index contributed by atoms with van der Waals surface area (Å²) in [6.45, 7) is 5.82. The fourth-order valence-electron chi connectivity index (χ4n) is 4.09. The smallest absolute Gasteiger partial charge is 0.378 e. The van der Waals surface area contributed by atoms with Crippen LogP contribution in [0.2, 0.25) is 0 Å². The number of hydrogen-bond donors (Lipinski definition) is 0. The molecule has 2 aliphatic heterocycles. The van der Waals surface area contributed by atoms with Gasteiger partial charge in [-0.25, -0.2) is 0 Å². The Morgan fingerprint density at radius 1 is 1.16 bits per heavy atom. The lowest BCUT2D eigenvalue weighted by atomic mass is 9.94. The quantitative estimate of drug-likeness (QED) is 0.729. The third-order valence-electron chi connectivity index (χ3n) is 6.00. The van der Waals surface area contributed by atoms with Crippen LogP contribution < -0.4 is 0 Å². The van der Waals surface area contributed by atoms with Gasteiger partial charge in [0.15, 0.2) is 0 Å². The normalized spacial score (nSPS) is 20.1. The summed E-state index contributed by atoms with van der Waals surface area (Å²) in [4.78, 5) is 21.1. The van der Waals surface area contributed by atoms with E-state index in [1.54, 1.807) is 0 Å². The summed E-state index contributed by atoms with van der Waals surface area (Å²) < 4.78 is 49.6. The third kappa shape index (κ3) is 4.90. The number of morpholine rings is 1. The van der Waals surface area contributed by atoms with Crippen LogP contribution in [0.15, 0.2) is 28.8 Å². The van der Waals surface area contributed by atoms with E-state index < -0.39 is 11.7 Å². The second kappa shape index (κ2) is 8.96. The number of halogens is 3. The highest BCUT2D eigenvalue weighted by molar-refractivity contribution is 5.79. The Morgan fingerprint density at radius 3 is 2.55 bits per heavy atom. The Hall–Kier alpha value is -2.46. The lowest BCUT2D eigenvalue weighted by Crippen LogP contribution is -2.47. The molecule has 0 spiro atoms. The van der Waals surface area contributed by atoms with Crippen LogP contribution in [-0.4, -0.2) is 65.2 Å². The molecule has 0 bridgehead atoms. The highest BCUT2D eigenvalue weighted by Crippen LogP contribution is 2.32. The molecule has 0 saturated carbocycles. The van der Waals surface area contributed by atoms with Crippen molar-refractivity contribution in [2.24, 2.45) is 5.92 Å². The van der Waals surface area contributed by atoms with Crippen molar-refractivity contribution >= 4 is 5.91 Å². The van der Waals surface area contributed by atoms with Gasteiger partial charge in [-0.15, -0.1) is 0 Å². The first-order chi connectivity index (χ1) is 14.8. The molecule has 1 aromatic heterocycles. The zero-order valence-electron chi connectivity index (χ0n) is 17.3. The van der Waals surface area contributed by atoms with Crippen molar-refractivity contribution in [1.29, 1.82) is 0 Å². The van der Waals surface area contributed by atoms with Crippen LogP contribution in [0.3, 0.4) is 0 Å². The molecule has 2 aliphatic rings. The molecule has 168 valence electrons. The van der Waals surface area contributed by atoms with Gasteiger partial charge in [0.25, 0.3) is 0 Å². The van der Waals surface area contributed by atoms with Crippen LogP contribution in [0.1, 0.15) is 37.3 Å². The number of nitrogens with zero attached hydrogens (tertiary/aromatic N) is 4. The number of ether oxygens (including phenoxy) is 1. The first kappa shape index (κ1) is 21.8. The largest absolute Gasteiger partial charge is 0.416 e. The van der Waals surface area contributed by atoms with Crippen molar-refractivity contribution in [3.63, 3.8) is 0 Å². The van der Waals surface area contributed by atoms with E-state index in [9.17, 15) is 18.0 Å². The van der Waals surface area contributed by atoms with E-state index in [1.165, 1.54) is 12.1 Å². The molecule has 2 saturated heterocycles. The molecule has 0 aliphatic carbocycles. The number of aromatic nitrogens is 2. The second-order valence-corrected chi connectivity index (χ2v) is 7.96. The molecular weight excluding hydrogens is 413 g/mol. The number of benzene rings is 1. The number of carbonyl (C=O) groups excluding carboxylic acids is 1. The molecule has 2 aromatic rings. The number of amides is 1. The minimum absolute atomic E-state index is 0.00454. The SMILES string of the molecule is CC(c1nc(-c2cccc(C(F)(F)F)c2)no1)N1CCC(C(=O)N2CCOCC2)CC1. The summed E-state index contributed by atoms with van der Waals surface area (Å²) in [6, 6.07) is 4.69. The van der Waals surface area contributed by atoms with Crippen LogP contribution in [0, 0.1) is 5.92 Å². The maximum Gasteiger partial charge on any atom is 0.416 e. The molecule has 0 N–H and O–H groups in total. The molecular formula is C21H25F3N4O3. The second-order valence-electron chi connectivity index (χ2n) is 7.96. The molecule has 3 heterocycles. The van der Waals surface area contributed by atoms with Crippen molar-refractivity contribution in [2.45, 2.75) is 32.0 Å². The van der Waals surface area contributed by atoms with E-state index in [4.69, 9.17) is 9.26 Å². The predicted octanol–water partition coefficient (Wildman–Crippen LogP) is 3.39. The average Bonchev–Trinajstić information content (AvgIpc) is 3.29. The summed E-state index contributed by atoms with van der Waals surface area (Å²) in [7, 11) is 0. The Labute approximate surface area is 178 Å². The molecule has 1 atom stereocenters. The van der Waals surface area contributed by atoms with E-state index in [2.05, 4.69) is 15.0 Å². The fourth-order valence-corrected chi connectivity index (χ4v) is 4.09. The summed E-state index contributed by atoms with van der Waals surface area (Å²) in [5, 5.41) is 3.88. The van der Waals surface area contributed by atoms with E-state index in [0.717, 1.165) is 25.0 Å². The number of rotatable bonds is 4. The number of likely N-dealkylation sites (tertiary alicyclic amines) is 1. The molecule has 1 amide bonds. The molecule has 7 nitrogen and oxygen atoms in total. The maximum absolute atomic E-state index is 13.0. The van der Waals surface area contributed by atoms with Crippen molar-refractivity contribution in [3.8, 4) is 11.4 Å². The number of hydrogen-bond acceptors (Lipinski definition) is 6. The molecule has 2 fully saturated rings. The Kier molecular flexibility index (Phi) is 6.29. The van der Waals surface area contributed by atoms with Crippen molar-refractivity contribution in [1.82, 2.24) is 19.9 Å². The van der Waals surface area contributed by atoms with Gasteiger partial charge in [-0.3, -0.25) is 9.69 Å². The molecule has 1 unspecified atom stereocenters. The average molecular weight is 438 g/mol. The van der Waals surface area contributed by atoms with Gasteiger partial charge in [0.1, 0.15) is 0 Å². The van der Waals surface area contributed by atoms with Gasteiger partial charge in [0, 0.05) is 24.6 Å². The van der Waals surface area contributed by atoms with Crippen LogP contribution in [0.5, 0.6) is 0 Å². The molecule has 4 rings (SSSR count). The van der Waals surface area contributed by atoms with E-state index in [0.29, 0.717) is 45.3 Å². The van der Waals surface area contributed by atoms with Crippen LogP contribution in [0.25, 0.3) is 11.4 Å². The molecule has 1 aromatic carbocycles. The molecule has 31 heavy (non-hydrogen) atoms. The van der Waals surface area contributed by atoms with E-state index >= 15 is 0 Å². The Morgan fingerprint density at radius 2 is 1.87 bits per heavy atom. The topological polar surface area (TPSA) is 71.7 Å². The summed E-state index contributed by atoms with van der Waals surface area (Å²) in [5.41, 5.74) is -0.497. The first-order valence-electron chi connectivity index (χ1n) is 10.4. The molecule has 0 radical (unpaired) electrons. The van der Waals surface area contributed by atoms with Gasteiger partial charge < -0.3 is 14.2 Å². The van der Waals surface area contributed by atoms with Gasteiger partial charge in [0.05, 0.1) is 24.8 Å². The van der Waals surface area contributed by atoms with Gasteiger partial charge in [-0.2, -0.15) is 18.2 Å². The van der Waals surface area contributed by atoms with Gasteiger partial charge in [-0.05, 0) is 45.0 Å². The summed E-state index contributed by atoms with van der Waals surface area (Å²) in [5.74, 6) is 0.681.